The van der Waals surface area contributed by atoms with E-state index in [4.69, 9.17) is 10.1 Å². The summed E-state index contributed by atoms with van der Waals surface area (Å²) >= 11 is 1.28. The molecule has 1 aromatic carbocycles. The molecule has 0 bridgehead atoms. The first-order chi connectivity index (χ1) is 10.2. The molecule has 1 aromatic heterocycles. The van der Waals surface area contributed by atoms with Gasteiger partial charge in [-0.25, -0.2) is 4.98 Å². The maximum atomic E-state index is 11.8. The average molecular weight is 300 g/mol. The minimum atomic E-state index is -0.639. The number of nitrogens with zero attached hydrogens (tertiary/aromatic N) is 3. The van der Waals surface area contributed by atoms with Crippen molar-refractivity contribution in [1.82, 2.24) is 4.98 Å². The zero-order valence-corrected chi connectivity index (χ0v) is 12.1. The van der Waals surface area contributed by atoms with E-state index < -0.39 is 5.91 Å². The van der Waals surface area contributed by atoms with Crippen LogP contribution in [0.4, 0.5) is 5.13 Å². The summed E-state index contributed by atoms with van der Waals surface area (Å²) in [6.45, 7) is 2.00. The third-order valence-electron chi connectivity index (χ3n) is 2.39. The molecule has 1 amide bonds. The van der Waals surface area contributed by atoms with Crippen molar-refractivity contribution >= 4 is 28.1 Å². The number of aromatic nitrogens is 1. The van der Waals surface area contributed by atoms with Gasteiger partial charge in [-0.05, 0) is 12.5 Å². The Labute approximate surface area is 125 Å². The Morgan fingerprint density at radius 1 is 1.48 bits per heavy atom. The third-order valence-corrected chi connectivity index (χ3v) is 3.27. The van der Waals surface area contributed by atoms with E-state index in [1.165, 1.54) is 11.3 Å². The molecule has 0 spiro atoms. The molecule has 0 aliphatic heterocycles. The predicted molar refractivity (Wildman–Crippen MR) is 79.8 cm³/mol. The van der Waals surface area contributed by atoms with Gasteiger partial charge in [-0.1, -0.05) is 35.5 Å². The number of nitriles is 1. The summed E-state index contributed by atoms with van der Waals surface area (Å²) in [6.07, 6.45) is 0. The molecule has 2 rings (SSSR count). The first-order valence-electron chi connectivity index (χ1n) is 6.06. The summed E-state index contributed by atoms with van der Waals surface area (Å²) in [5, 5.41) is 17.2. The van der Waals surface area contributed by atoms with Crippen LogP contribution in [0, 0.1) is 18.3 Å². The predicted octanol–water partition coefficient (Wildman–Crippen LogP) is 2.49. The van der Waals surface area contributed by atoms with Crippen molar-refractivity contribution in [3.63, 3.8) is 0 Å². The number of carbonyl (C=O) groups is 1. The van der Waals surface area contributed by atoms with Gasteiger partial charge < -0.3 is 4.84 Å². The molecule has 1 heterocycles. The molecule has 106 valence electrons. The number of hydrogen-bond acceptors (Lipinski definition) is 6. The molecule has 7 heteroatoms. The zero-order chi connectivity index (χ0) is 15.1. The van der Waals surface area contributed by atoms with Crippen LogP contribution in [-0.2, 0) is 16.2 Å². The SMILES string of the molecule is Cc1csc(NC(=O)C(C#N)=NOCc2ccccc2)n1. The highest BCUT2D eigenvalue weighted by molar-refractivity contribution is 7.14. The van der Waals surface area contributed by atoms with Gasteiger partial charge in [0, 0.05) is 5.38 Å². The molecule has 0 unspecified atom stereocenters. The summed E-state index contributed by atoms with van der Waals surface area (Å²) in [7, 11) is 0. The van der Waals surface area contributed by atoms with Gasteiger partial charge in [0.1, 0.15) is 12.7 Å². The van der Waals surface area contributed by atoms with E-state index in [1.807, 2.05) is 37.3 Å². The minimum absolute atomic E-state index is 0.190. The Kier molecular flexibility index (Phi) is 5.01. The van der Waals surface area contributed by atoms with E-state index >= 15 is 0 Å². The molecule has 1 N–H and O–H groups in total. The van der Waals surface area contributed by atoms with Crippen LogP contribution < -0.4 is 5.32 Å². The van der Waals surface area contributed by atoms with Crippen LogP contribution in [-0.4, -0.2) is 16.6 Å². The van der Waals surface area contributed by atoms with Crippen LogP contribution in [0.1, 0.15) is 11.3 Å². The molecule has 0 aliphatic rings. The van der Waals surface area contributed by atoms with E-state index in [9.17, 15) is 4.79 Å². The van der Waals surface area contributed by atoms with Crippen molar-refractivity contribution in [2.45, 2.75) is 13.5 Å². The van der Waals surface area contributed by atoms with Gasteiger partial charge in [-0.3, -0.25) is 10.1 Å². The van der Waals surface area contributed by atoms with Crippen molar-refractivity contribution in [1.29, 1.82) is 5.26 Å². The lowest BCUT2D eigenvalue weighted by Crippen LogP contribution is -2.21. The maximum Gasteiger partial charge on any atom is 0.290 e. The molecule has 0 fully saturated rings. The Hall–Kier alpha value is -2.72. The molecule has 0 saturated carbocycles. The number of oxime groups is 1. The number of benzene rings is 1. The van der Waals surface area contributed by atoms with Gasteiger partial charge in [-0.2, -0.15) is 5.26 Å². The lowest BCUT2D eigenvalue weighted by molar-refractivity contribution is -0.110. The summed E-state index contributed by atoms with van der Waals surface area (Å²) in [6, 6.07) is 11.0. The monoisotopic (exact) mass is 300 g/mol. The number of thiazole rings is 1. The Morgan fingerprint density at radius 3 is 2.86 bits per heavy atom. The normalized spacial score (nSPS) is 10.8. The summed E-state index contributed by atoms with van der Waals surface area (Å²) in [5.74, 6) is -0.639. The number of rotatable bonds is 5. The van der Waals surface area contributed by atoms with Gasteiger partial charge in [0.2, 0.25) is 5.71 Å². The zero-order valence-electron chi connectivity index (χ0n) is 11.2. The Balaban J connectivity index is 1.94. The summed E-state index contributed by atoms with van der Waals surface area (Å²) in [4.78, 5) is 20.9. The molecule has 0 saturated heterocycles. The lowest BCUT2D eigenvalue weighted by Gasteiger charge is -2.01. The standard InChI is InChI=1S/C14H12N4O2S/c1-10-9-21-14(16-10)17-13(19)12(7-15)18-20-8-11-5-3-2-4-6-11/h2-6,9H,8H2,1H3,(H,16,17,19). The molecular weight excluding hydrogens is 288 g/mol. The Morgan fingerprint density at radius 2 is 2.24 bits per heavy atom. The largest absolute Gasteiger partial charge is 0.390 e. The Bertz CT molecular complexity index is 688. The molecule has 2 aromatic rings. The molecule has 21 heavy (non-hydrogen) atoms. The van der Waals surface area contributed by atoms with Crippen molar-refractivity contribution in [3.8, 4) is 6.07 Å². The topological polar surface area (TPSA) is 87.4 Å². The first-order valence-corrected chi connectivity index (χ1v) is 6.94. The van der Waals surface area contributed by atoms with Crippen LogP contribution in [0.5, 0.6) is 0 Å². The number of hydrogen-bond donors (Lipinski definition) is 1. The second-order valence-corrected chi connectivity index (χ2v) is 4.92. The van der Waals surface area contributed by atoms with Crippen molar-refractivity contribution in [2.24, 2.45) is 5.16 Å². The van der Waals surface area contributed by atoms with Crippen LogP contribution in [0.2, 0.25) is 0 Å². The smallest absolute Gasteiger partial charge is 0.290 e. The average Bonchev–Trinajstić information content (AvgIpc) is 2.89. The number of nitrogens with one attached hydrogen (secondary N) is 1. The fraction of sp³-hybridized carbons (Fsp3) is 0.143. The van der Waals surface area contributed by atoms with E-state index in [1.54, 1.807) is 11.4 Å². The quantitative estimate of drug-likeness (QED) is 0.678. The molecule has 0 aliphatic carbocycles. The van der Waals surface area contributed by atoms with E-state index in [0.29, 0.717) is 5.13 Å². The van der Waals surface area contributed by atoms with Crippen LogP contribution in [0.3, 0.4) is 0 Å². The third kappa shape index (κ3) is 4.40. The highest BCUT2D eigenvalue weighted by Gasteiger charge is 2.13. The number of amides is 1. The number of aryl methyl sites for hydroxylation is 1. The van der Waals surface area contributed by atoms with Gasteiger partial charge >= 0.3 is 0 Å². The highest BCUT2D eigenvalue weighted by Crippen LogP contribution is 2.14. The van der Waals surface area contributed by atoms with Crippen LogP contribution in [0.15, 0.2) is 40.9 Å². The van der Waals surface area contributed by atoms with Crippen molar-refractivity contribution in [3.05, 3.63) is 47.0 Å². The minimum Gasteiger partial charge on any atom is -0.390 e. The van der Waals surface area contributed by atoms with Crippen LogP contribution >= 0.6 is 11.3 Å². The summed E-state index contributed by atoms with van der Waals surface area (Å²) in [5.41, 5.74) is 1.35. The number of anilines is 1. The van der Waals surface area contributed by atoms with Crippen molar-refractivity contribution < 1.29 is 9.63 Å². The number of carbonyl (C=O) groups excluding carboxylic acids is 1. The van der Waals surface area contributed by atoms with Gasteiger partial charge in [0.15, 0.2) is 5.13 Å². The van der Waals surface area contributed by atoms with E-state index in [-0.39, 0.29) is 12.3 Å². The molecular formula is C14H12N4O2S. The van der Waals surface area contributed by atoms with Gasteiger partial charge in [0.05, 0.1) is 5.69 Å². The first kappa shape index (κ1) is 14.7. The van der Waals surface area contributed by atoms with Gasteiger partial charge in [-0.15, -0.1) is 11.3 Å². The maximum absolute atomic E-state index is 11.8. The van der Waals surface area contributed by atoms with Crippen LogP contribution in [0.25, 0.3) is 0 Å². The molecule has 0 radical (unpaired) electrons. The fourth-order valence-electron chi connectivity index (χ4n) is 1.43. The highest BCUT2D eigenvalue weighted by atomic mass is 32.1. The summed E-state index contributed by atoms with van der Waals surface area (Å²) < 4.78 is 0. The fourth-order valence-corrected chi connectivity index (χ4v) is 2.11. The second kappa shape index (κ2) is 7.17. The lowest BCUT2D eigenvalue weighted by atomic mass is 10.2. The van der Waals surface area contributed by atoms with Crippen molar-refractivity contribution in [2.75, 3.05) is 5.32 Å². The van der Waals surface area contributed by atoms with Gasteiger partial charge in [0.25, 0.3) is 5.91 Å². The van der Waals surface area contributed by atoms with E-state index in [2.05, 4.69) is 15.5 Å². The molecule has 0 atom stereocenters. The second-order valence-electron chi connectivity index (χ2n) is 4.06. The molecule has 6 nitrogen and oxygen atoms in total. The van der Waals surface area contributed by atoms with E-state index in [0.717, 1.165) is 11.3 Å².